The zero-order chi connectivity index (χ0) is 12.3. The Morgan fingerprint density at radius 3 is 2.88 bits per heavy atom. The molecule has 1 aliphatic rings. The number of ether oxygens (including phenoxy) is 1. The number of methoxy groups -OCH3 is 1. The molecule has 0 saturated heterocycles. The van der Waals surface area contributed by atoms with E-state index in [9.17, 15) is 0 Å². The number of hydrogen-bond donors (Lipinski definition) is 1. The molecule has 2 nitrogen and oxygen atoms in total. The summed E-state index contributed by atoms with van der Waals surface area (Å²) >= 11 is 12.1. The summed E-state index contributed by atoms with van der Waals surface area (Å²) in [5.74, 6) is 0. The molecule has 4 heteroatoms. The fourth-order valence-corrected chi connectivity index (χ4v) is 2.65. The Labute approximate surface area is 112 Å². The summed E-state index contributed by atoms with van der Waals surface area (Å²) in [5, 5.41) is 5.00. The van der Waals surface area contributed by atoms with Crippen LogP contribution in [-0.2, 0) is 11.3 Å². The lowest BCUT2D eigenvalue weighted by atomic mass is 10.2. The van der Waals surface area contributed by atoms with E-state index >= 15 is 0 Å². The van der Waals surface area contributed by atoms with Gasteiger partial charge in [0.1, 0.15) is 0 Å². The van der Waals surface area contributed by atoms with Gasteiger partial charge in [0.05, 0.1) is 6.10 Å². The maximum atomic E-state index is 6.11. The largest absolute Gasteiger partial charge is 0.381 e. The van der Waals surface area contributed by atoms with Crippen molar-refractivity contribution in [2.24, 2.45) is 0 Å². The molecule has 0 amide bonds. The summed E-state index contributed by atoms with van der Waals surface area (Å²) in [6.45, 7) is 0.764. The number of benzene rings is 1. The highest BCUT2D eigenvalue weighted by molar-refractivity contribution is 6.33. The van der Waals surface area contributed by atoms with Crippen molar-refractivity contribution in [3.8, 4) is 0 Å². The predicted molar refractivity (Wildman–Crippen MR) is 71.7 cm³/mol. The Morgan fingerprint density at radius 1 is 1.35 bits per heavy atom. The zero-order valence-corrected chi connectivity index (χ0v) is 11.4. The van der Waals surface area contributed by atoms with Crippen molar-refractivity contribution in [1.82, 2.24) is 5.32 Å². The molecule has 0 aliphatic heterocycles. The van der Waals surface area contributed by atoms with Gasteiger partial charge in [0.2, 0.25) is 0 Å². The SMILES string of the molecule is COC1CCC(NCc2cc(Cl)ccc2Cl)C1. The van der Waals surface area contributed by atoms with Crippen LogP contribution in [0.5, 0.6) is 0 Å². The standard InChI is InChI=1S/C13H17Cl2NO/c1-17-12-4-3-11(7-12)16-8-9-6-10(14)2-5-13(9)15/h2,5-6,11-12,16H,3-4,7-8H2,1H3. The fourth-order valence-electron chi connectivity index (χ4n) is 2.27. The Bertz CT molecular complexity index is 384. The molecule has 2 atom stereocenters. The lowest BCUT2D eigenvalue weighted by Gasteiger charge is -2.13. The number of rotatable bonds is 4. The Kier molecular flexibility index (Phi) is 4.69. The monoisotopic (exact) mass is 273 g/mol. The minimum atomic E-state index is 0.405. The molecule has 0 bridgehead atoms. The number of nitrogens with one attached hydrogen (secondary N) is 1. The molecule has 2 unspecified atom stereocenters. The predicted octanol–water partition coefficient (Wildman–Crippen LogP) is 3.65. The van der Waals surface area contributed by atoms with Gasteiger partial charge in [0, 0.05) is 29.7 Å². The molecule has 0 heterocycles. The van der Waals surface area contributed by atoms with E-state index in [2.05, 4.69) is 5.32 Å². The Hall–Kier alpha value is -0.280. The highest BCUT2D eigenvalue weighted by atomic mass is 35.5. The van der Waals surface area contributed by atoms with Crippen molar-refractivity contribution < 1.29 is 4.74 Å². The van der Waals surface area contributed by atoms with Gasteiger partial charge in [0.15, 0.2) is 0 Å². The molecule has 0 radical (unpaired) electrons. The van der Waals surface area contributed by atoms with Gasteiger partial charge in [-0.15, -0.1) is 0 Å². The van der Waals surface area contributed by atoms with Crippen molar-refractivity contribution in [2.75, 3.05) is 7.11 Å². The van der Waals surface area contributed by atoms with Crippen molar-refractivity contribution in [3.63, 3.8) is 0 Å². The topological polar surface area (TPSA) is 21.3 Å². The van der Waals surface area contributed by atoms with E-state index < -0.39 is 0 Å². The normalized spacial score (nSPS) is 24.2. The van der Waals surface area contributed by atoms with Gasteiger partial charge in [-0.05, 0) is 43.0 Å². The Morgan fingerprint density at radius 2 is 2.18 bits per heavy atom. The number of hydrogen-bond acceptors (Lipinski definition) is 2. The summed E-state index contributed by atoms with van der Waals surface area (Å²) in [5.41, 5.74) is 1.06. The molecule has 1 aromatic rings. The first-order valence-corrected chi connectivity index (χ1v) is 6.64. The van der Waals surface area contributed by atoms with Crippen LogP contribution < -0.4 is 5.32 Å². The van der Waals surface area contributed by atoms with Crippen molar-refractivity contribution in [3.05, 3.63) is 33.8 Å². The van der Waals surface area contributed by atoms with Crippen LogP contribution in [0.25, 0.3) is 0 Å². The average molecular weight is 274 g/mol. The van der Waals surface area contributed by atoms with E-state index in [1.54, 1.807) is 7.11 Å². The third kappa shape index (κ3) is 3.59. The van der Waals surface area contributed by atoms with E-state index in [0.717, 1.165) is 41.4 Å². The molecule has 94 valence electrons. The summed E-state index contributed by atoms with van der Waals surface area (Å²) in [6.07, 6.45) is 3.78. The van der Waals surface area contributed by atoms with Crippen LogP contribution in [0.3, 0.4) is 0 Å². The molecule has 1 aromatic carbocycles. The van der Waals surface area contributed by atoms with Gasteiger partial charge >= 0.3 is 0 Å². The summed E-state index contributed by atoms with van der Waals surface area (Å²) < 4.78 is 5.35. The first kappa shape index (κ1) is 13.2. The molecule has 1 saturated carbocycles. The van der Waals surface area contributed by atoms with Crippen molar-refractivity contribution in [2.45, 2.75) is 38.0 Å². The van der Waals surface area contributed by atoms with E-state index in [4.69, 9.17) is 27.9 Å². The van der Waals surface area contributed by atoms with Gasteiger partial charge in [-0.2, -0.15) is 0 Å². The first-order valence-electron chi connectivity index (χ1n) is 5.89. The van der Waals surface area contributed by atoms with Gasteiger partial charge in [-0.25, -0.2) is 0 Å². The summed E-state index contributed by atoms with van der Waals surface area (Å²) in [6, 6.07) is 6.09. The maximum Gasteiger partial charge on any atom is 0.0586 e. The fraction of sp³-hybridized carbons (Fsp3) is 0.538. The van der Waals surface area contributed by atoms with Crippen LogP contribution in [0.2, 0.25) is 10.0 Å². The van der Waals surface area contributed by atoms with E-state index in [-0.39, 0.29) is 0 Å². The lowest BCUT2D eigenvalue weighted by molar-refractivity contribution is 0.107. The second-order valence-electron chi connectivity index (χ2n) is 4.48. The maximum absolute atomic E-state index is 6.11. The zero-order valence-electron chi connectivity index (χ0n) is 9.88. The van der Waals surface area contributed by atoms with E-state index in [0.29, 0.717) is 12.1 Å². The molecule has 1 aliphatic carbocycles. The minimum Gasteiger partial charge on any atom is -0.381 e. The van der Waals surface area contributed by atoms with E-state index in [1.165, 1.54) is 0 Å². The van der Waals surface area contributed by atoms with Gasteiger partial charge in [-0.3, -0.25) is 0 Å². The summed E-state index contributed by atoms with van der Waals surface area (Å²) in [7, 11) is 1.78. The highest BCUT2D eigenvalue weighted by Gasteiger charge is 2.23. The van der Waals surface area contributed by atoms with Crippen LogP contribution in [0.1, 0.15) is 24.8 Å². The molecule has 0 aromatic heterocycles. The van der Waals surface area contributed by atoms with Crippen LogP contribution in [0.4, 0.5) is 0 Å². The highest BCUT2D eigenvalue weighted by Crippen LogP contribution is 2.24. The third-order valence-corrected chi connectivity index (χ3v) is 3.91. The van der Waals surface area contributed by atoms with Crippen molar-refractivity contribution >= 4 is 23.2 Å². The second-order valence-corrected chi connectivity index (χ2v) is 5.33. The van der Waals surface area contributed by atoms with Gasteiger partial charge < -0.3 is 10.1 Å². The smallest absolute Gasteiger partial charge is 0.0586 e. The van der Waals surface area contributed by atoms with Crippen LogP contribution in [0, 0.1) is 0 Å². The van der Waals surface area contributed by atoms with Gasteiger partial charge in [-0.1, -0.05) is 23.2 Å². The molecule has 1 fully saturated rings. The minimum absolute atomic E-state index is 0.405. The molecular weight excluding hydrogens is 257 g/mol. The second kappa shape index (κ2) is 6.05. The third-order valence-electron chi connectivity index (χ3n) is 3.31. The van der Waals surface area contributed by atoms with Crippen LogP contribution in [0.15, 0.2) is 18.2 Å². The van der Waals surface area contributed by atoms with E-state index in [1.807, 2.05) is 18.2 Å². The molecule has 2 rings (SSSR count). The van der Waals surface area contributed by atoms with Crippen molar-refractivity contribution in [1.29, 1.82) is 0 Å². The molecule has 17 heavy (non-hydrogen) atoms. The quantitative estimate of drug-likeness (QED) is 0.904. The molecule has 1 N–H and O–H groups in total. The number of halogens is 2. The van der Waals surface area contributed by atoms with Crippen LogP contribution >= 0.6 is 23.2 Å². The lowest BCUT2D eigenvalue weighted by Crippen LogP contribution is -2.26. The van der Waals surface area contributed by atoms with Crippen LogP contribution in [-0.4, -0.2) is 19.3 Å². The Balaban J connectivity index is 1.88. The first-order chi connectivity index (χ1) is 8.19. The molecular formula is C13H17Cl2NO. The van der Waals surface area contributed by atoms with Gasteiger partial charge in [0.25, 0.3) is 0 Å². The summed E-state index contributed by atoms with van der Waals surface area (Å²) in [4.78, 5) is 0. The molecule has 0 spiro atoms. The average Bonchev–Trinajstić information content (AvgIpc) is 2.78.